The number of piperazine rings is 1. The van der Waals surface area contributed by atoms with Crippen LogP contribution in [0.5, 0.6) is 5.75 Å². The standard InChI is InChI=1S/C39H48N8O6S/c1-23(25-10-12-26(13-11-25)34-24(2)40-22-54-34)41-36(51)31-18-27(48)20-47(31)38(53)35(39(3,4)5)42-33(50)21-45-14-16-46(17-15-45)30-19-29(43-44-37(30)52)28-8-6-7-9-32(28)49/h6-13,19,22-23,27,31,35,48-49H,14-18,20-21H2,1-5H3,(H,41,51)(H,42,50)(H,44,52)/t23?,27-,31+,35?/m1/s1. The smallest absolute Gasteiger partial charge is 0.287 e. The monoisotopic (exact) mass is 756 g/mol. The molecule has 54 heavy (non-hydrogen) atoms. The second-order valence-corrected chi connectivity index (χ2v) is 16.0. The molecule has 2 unspecified atom stereocenters. The molecule has 0 spiro atoms. The largest absolute Gasteiger partial charge is 0.507 e. The van der Waals surface area contributed by atoms with Crippen LogP contribution in [0.4, 0.5) is 5.69 Å². The number of H-pyrrole nitrogens is 1. The minimum absolute atomic E-state index is 0.0155. The summed E-state index contributed by atoms with van der Waals surface area (Å²) < 4.78 is 0. The zero-order chi connectivity index (χ0) is 38.7. The van der Waals surface area contributed by atoms with Crippen molar-refractivity contribution < 1.29 is 24.6 Å². The molecule has 286 valence electrons. The van der Waals surface area contributed by atoms with Gasteiger partial charge in [-0.2, -0.15) is 5.10 Å². The van der Waals surface area contributed by atoms with Crippen molar-refractivity contribution in [2.75, 3.05) is 44.2 Å². The van der Waals surface area contributed by atoms with Gasteiger partial charge in [-0.3, -0.25) is 24.1 Å². The van der Waals surface area contributed by atoms with Gasteiger partial charge in [0, 0.05) is 44.7 Å². The number of carbonyl (C=O) groups excluding carboxylic acids is 3. The number of benzene rings is 2. The van der Waals surface area contributed by atoms with E-state index in [1.165, 1.54) is 4.90 Å². The van der Waals surface area contributed by atoms with Crippen LogP contribution >= 0.6 is 11.3 Å². The number of nitrogens with one attached hydrogen (secondary N) is 3. The molecule has 2 aliphatic rings. The molecule has 2 aromatic heterocycles. The molecule has 4 aromatic rings. The lowest BCUT2D eigenvalue weighted by atomic mass is 9.85. The van der Waals surface area contributed by atoms with E-state index < -0.39 is 29.5 Å². The molecule has 0 aliphatic carbocycles. The summed E-state index contributed by atoms with van der Waals surface area (Å²) in [6.07, 6.45) is -0.784. The minimum atomic E-state index is -0.949. The minimum Gasteiger partial charge on any atom is -0.507 e. The summed E-state index contributed by atoms with van der Waals surface area (Å²) in [5.74, 6) is -1.08. The van der Waals surface area contributed by atoms with Crippen LogP contribution in [0.3, 0.4) is 0 Å². The number of aryl methyl sites for hydroxylation is 1. The molecule has 4 atom stereocenters. The highest BCUT2D eigenvalue weighted by molar-refractivity contribution is 7.13. The number of amides is 3. The van der Waals surface area contributed by atoms with E-state index in [0.29, 0.717) is 43.1 Å². The van der Waals surface area contributed by atoms with Crippen molar-refractivity contribution in [2.24, 2.45) is 5.41 Å². The van der Waals surface area contributed by atoms with Crippen LogP contribution in [-0.4, -0.2) is 110 Å². The van der Waals surface area contributed by atoms with Crippen molar-refractivity contribution in [3.8, 4) is 27.4 Å². The molecule has 2 saturated heterocycles. The molecular formula is C39H48N8O6S. The van der Waals surface area contributed by atoms with E-state index in [9.17, 15) is 29.4 Å². The first-order valence-electron chi connectivity index (χ1n) is 18.1. The van der Waals surface area contributed by atoms with Crippen molar-refractivity contribution in [3.63, 3.8) is 0 Å². The molecule has 2 fully saturated rings. The van der Waals surface area contributed by atoms with Crippen LogP contribution in [-0.2, 0) is 14.4 Å². The molecule has 14 nitrogen and oxygen atoms in total. The van der Waals surface area contributed by atoms with Crippen molar-refractivity contribution in [1.29, 1.82) is 0 Å². The van der Waals surface area contributed by atoms with E-state index in [4.69, 9.17) is 0 Å². The number of aromatic nitrogens is 3. The Bertz CT molecular complexity index is 2040. The fourth-order valence-corrected chi connectivity index (χ4v) is 7.84. The summed E-state index contributed by atoms with van der Waals surface area (Å²) in [6, 6.07) is 14.2. The van der Waals surface area contributed by atoms with Crippen LogP contribution in [0, 0.1) is 12.3 Å². The Hall–Kier alpha value is -5.12. The number of thiazole rings is 1. The zero-order valence-electron chi connectivity index (χ0n) is 31.2. The first kappa shape index (κ1) is 38.6. The maximum absolute atomic E-state index is 14.1. The number of nitrogens with zero attached hydrogens (tertiary/aromatic N) is 5. The number of hydrogen-bond donors (Lipinski definition) is 5. The lowest BCUT2D eigenvalue weighted by Gasteiger charge is -2.37. The van der Waals surface area contributed by atoms with Gasteiger partial charge in [0.25, 0.3) is 5.56 Å². The molecule has 3 amide bonds. The molecule has 0 bridgehead atoms. The molecule has 2 aliphatic heterocycles. The van der Waals surface area contributed by atoms with Crippen molar-refractivity contribution in [3.05, 3.63) is 81.7 Å². The fraction of sp³-hybridized carbons (Fsp3) is 0.436. The lowest BCUT2D eigenvalue weighted by Crippen LogP contribution is -2.59. The quantitative estimate of drug-likeness (QED) is 0.161. The zero-order valence-corrected chi connectivity index (χ0v) is 32.0. The third kappa shape index (κ3) is 8.64. The second kappa shape index (κ2) is 16.1. The van der Waals surface area contributed by atoms with E-state index in [1.807, 2.05) is 74.2 Å². The first-order valence-corrected chi connectivity index (χ1v) is 19.0. The summed E-state index contributed by atoms with van der Waals surface area (Å²) in [7, 11) is 0. The SMILES string of the molecule is Cc1ncsc1-c1ccc(C(C)NC(=O)[C@@H]2C[C@@H](O)CN2C(=O)C(NC(=O)CN2CCN(c3cc(-c4ccccc4O)n[nH]c3=O)CC2)C(C)(C)C)cc1. The van der Waals surface area contributed by atoms with E-state index >= 15 is 0 Å². The predicted molar refractivity (Wildman–Crippen MR) is 207 cm³/mol. The third-order valence-electron chi connectivity index (χ3n) is 10.1. The van der Waals surface area contributed by atoms with Gasteiger partial charge in [0.05, 0.1) is 40.5 Å². The molecular weight excluding hydrogens is 709 g/mol. The number of β-amino-alcohol motifs (C(OH)–C–C–N with tert-alkyl or cyclic N) is 1. The van der Waals surface area contributed by atoms with Gasteiger partial charge in [-0.25, -0.2) is 10.1 Å². The highest BCUT2D eigenvalue weighted by atomic mass is 32.1. The molecule has 5 N–H and O–H groups in total. The molecule has 4 heterocycles. The number of rotatable bonds is 10. The van der Waals surface area contributed by atoms with Gasteiger partial charge in [-0.1, -0.05) is 57.2 Å². The molecule has 15 heteroatoms. The van der Waals surface area contributed by atoms with Gasteiger partial charge in [0.15, 0.2) is 0 Å². The molecule has 2 aromatic carbocycles. The van der Waals surface area contributed by atoms with Crippen LogP contribution in [0.1, 0.15) is 51.4 Å². The Morgan fingerprint density at radius 2 is 1.74 bits per heavy atom. The topological polar surface area (TPSA) is 184 Å². The highest BCUT2D eigenvalue weighted by Crippen LogP contribution is 2.31. The summed E-state index contributed by atoms with van der Waals surface area (Å²) >= 11 is 1.57. The Labute approximate surface area is 318 Å². The van der Waals surface area contributed by atoms with Gasteiger partial charge in [-0.05, 0) is 48.6 Å². The number of aromatic hydroxyl groups is 1. The highest BCUT2D eigenvalue weighted by Gasteiger charge is 2.45. The Balaban J connectivity index is 1.06. The van der Waals surface area contributed by atoms with Gasteiger partial charge in [0.1, 0.15) is 23.5 Å². The van der Waals surface area contributed by atoms with Crippen molar-refractivity contribution in [2.45, 2.75) is 65.3 Å². The number of hydrogen-bond acceptors (Lipinski definition) is 11. The Morgan fingerprint density at radius 3 is 2.39 bits per heavy atom. The number of para-hydroxylation sites is 1. The summed E-state index contributed by atoms with van der Waals surface area (Å²) in [4.78, 5) is 64.7. The molecule has 0 saturated carbocycles. The van der Waals surface area contributed by atoms with Crippen LogP contribution in [0.25, 0.3) is 21.7 Å². The number of phenolic OH excluding ortho intramolecular Hbond substituents is 1. The van der Waals surface area contributed by atoms with Gasteiger partial charge in [-0.15, -0.1) is 11.3 Å². The van der Waals surface area contributed by atoms with Gasteiger partial charge >= 0.3 is 0 Å². The van der Waals surface area contributed by atoms with Gasteiger partial charge in [0.2, 0.25) is 17.7 Å². The fourth-order valence-electron chi connectivity index (χ4n) is 7.03. The number of carbonyl (C=O) groups is 3. The van der Waals surface area contributed by atoms with Crippen LogP contribution in [0.15, 0.2) is 64.9 Å². The summed E-state index contributed by atoms with van der Waals surface area (Å²) in [6.45, 7) is 11.3. The Kier molecular flexibility index (Phi) is 11.5. The van der Waals surface area contributed by atoms with E-state index in [-0.39, 0.29) is 48.7 Å². The summed E-state index contributed by atoms with van der Waals surface area (Å²) in [5, 5.41) is 33.5. The second-order valence-electron chi connectivity index (χ2n) is 15.1. The maximum atomic E-state index is 14.1. The lowest BCUT2D eigenvalue weighted by molar-refractivity contribution is -0.144. The maximum Gasteiger partial charge on any atom is 0.287 e. The average molecular weight is 757 g/mol. The number of aliphatic hydroxyl groups is 1. The normalized spacial score (nSPS) is 19.0. The van der Waals surface area contributed by atoms with Crippen molar-refractivity contribution >= 4 is 34.7 Å². The third-order valence-corrected chi connectivity index (χ3v) is 11.1. The van der Waals surface area contributed by atoms with E-state index in [1.54, 1.807) is 41.7 Å². The molecule has 0 radical (unpaired) electrons. The average Bonchev–Trinajstić information content (AvgIpc) is 3.76. The number of anilines is 1. The van der Waals surface area contributed by atoms with E-state index in [2.05, 4.69) is 25.8 Å². The van der Waals surface area contributed by atoms with E-state index in [0.717, 1.165) is 21.7 Å². The van der Waals surface area contributed by atoms with Crippen LogP contribution < -0.4 is 21.1 Å². The Morgan fingerprint density at radius 1 is 1.04 bits per heavy atom. The summed E-state index contributed by atoms with van der Waals surface area (Å²) in [5.41, 5.74) is 5.04. The van der Waals surface area contributed by atoms with Crippen LogP contribution in [0.2, 0.25) is 0 Å². The number of likely N-dealkylation sites (tertiary alicyclic amines) is 1. The number of aliphatic hydroxyl groups excluding tert-OH is 1. The number of aromatic amines is 1. The van der Waals surface area contributed by atoms with Gasteiger partial charge < -0.3 is 30.6 Å². The van der Waals surface area contributed by atoms with Crippen molar-refractivity contribution in [1.82, 2.24) is 35.6 Å². The predicted octanol–water partition coefficient (Wildman–Crippen LogP) is 3.07. The number of phenols is 1. The molecule has 6 rings (SSSR count). The first-order chi connectivity index (χ1) is 25.7.